The lowest BCUT2D eigenvalue weighted by Crippen LogP contribution is -2.42. The highest BCUT2D eigenvalue weighted by molar-refractivity contribution is 7.66. The Morgan fingerprint density at radius 2 is 1.97 bits per heavy atom. The van der Waals surface area contributed by atoms with Crippen LogP contribution in [0.2, 0.25) is 0 Å². The Labute approximate surface area is 184 Å². The SMILES string of the molecule is C[C@@]1(F)C[C@@H](COP(=O)(O)OP(=O)(O)OP(=O)(O)O)O[C@@]1(C#N)c1ccc2c(N)ncnn12. The first-order chi connectivity index (χ1) is 15.0. The summed E-state index contributed by atoms with van der Waals surface area (Å²) in [5, 5.41) is 13.8. The molecule has 0 saturated carbocycles. The summed E-state index contributed by atoms with van der Waals surface area (Å²) in [7, 11) is -16.7. The quantitative estimate of drug-likeness (QED) is 0.297. The van der Waals surface area contributed by atoms with Crippen LogP contribution in [0.15, 0.2) is 18.5 Å². The number of anilines is 1. The van der Waals surface area contributed by atoms with Crippen molar-refractivity contribution in [3.8, 4) is 6.07 Å². The number of phosphoric ester groups is 1. The van der Waals surface area contributed by atoms with Crippen molar-refractivity contribution < 1.29 is 55.5 Å². The molecule has 20 heteroatoms. The Morgan fingerprint density at radius 3 is 2.58 bits per heavy atom. The van der Waals surface area contributed by atoms with Gasteiger partial charge in [0.15, 0.2) is 11.5 Å². The molecule has 3 heterocycles. The first-order valence-electron chi connectivity index (χ1n) is 8.66. The molecule has 6 N–H and O–H groups in total. The van der Waals surface area contributed by atoms with E-state index in [1.54, 1.807) is 6.07 Å². The minimum Gasteiger partial charge on any atom is -0.382 e. The van der Waals surface area contributed by atoms with Gasteiger partial charge < -0.3 is 30.0 Å². The second-order valence-electron chi connectivity index (χ2n) is 6.98. The Balaban J connectivity index is 1.80. The molecular weight excluding hydrogens is 514 g/mol. The van der Waals surface area contributed by atoms with Crippen molar-refractivity contribution >= 4 is 34.8 Å². The van der Waals surface area contributed by atoms with E-state index in [1.807, 2.05) is 0 Å². The maximum atomic E-state index is 15.6. The fraction of sp³-hybridized carbons (Fsp3) is 0.462. The number of nitrogens with zero attached hydrogens (tertiary/aromatic N) is 4. The van der Waals surface area contributed by atoms with Crippen LogP contribution >= 0.6 is 23.5 Å². The summed E-state index contributed by atoms with van der Waals surface area (Å²) >= 11 is 0. The van der Waals surface area contributed by atoms with Crippen LogP contribution in [-0.2, 0) is 37.2 Å². The van der Waals surface area contributed by atoms with Crippen molar-refractivity contribution in [1.82, 2.24) is 14.6 Å². The summed E-state index contributed by atoms with van der Waals surface area (Å²) in [5.74, 6) is 0.0482. The highest BCUT2D eigenvalue weighted by Crippen LogP contribution is 2.66. The van der Waals surface area contributed by atoms with Gasteiger partial charge in [0.05, 0.1) is 18.4 Å². The number of rotatable bonds is 8. The number of hydrogen-bond donors (Lipinski definition) is 5. The van der Waals surface area contributed by atoms with Crippen LogP contribution in [0.25, 0.3) is 5.52 Å². The number of ether oxygens (including phenoxy) is 1. The Morgan fingerprint density at radius 1 is 1.30 bits per heavy atom. The molecule has 2 aromatic heterocycles. The second-order valence-corrected chi connectivity index (χ2v) is 11.4. The molecule has 0 spiro atoms. The molecule has 2 aromatic rings. The average Bonchev–Trinajstić information content (AvgIpc) is 3.16. The van der Waals surface area contributed by atoms with E-state index in [-0.39, 0.29) is 17.0 Å². The predicted molar refractivity (Wildman–Crippen MR) is 104 cm³/mol. The number of fused-ring (bicyclic) bond motifs is 1. The van der Waals surface area contributed by atoms with Gasteiger partial charge in [0.1, 0.15) is 17.9 Å². The maximum Gasteiger partial charge on any atom is 0.490 e. The number of phosphoric acid groups is 3. The molecule has 3 rings (SSSR count). The number of aromatic nitrogens is 3. The standard InChI is InChI=1S/C13H17FN5O11P3/c1-12(14)4-8(5-27-32(23,24)30-33(25,26)29-31(20,21)22)28-13(12,6-15)10-3-2-9-11(16)17-7-18-19(9)10/h2-3,7-8H,4-5H2,1H3,(H,23,24)(H,25,26)(H2,16,17,18)(H2,20,21,22)/t8-,12+,13-/m0/s1. The van der Waals surface area contributed by atoms with Crippen LogP contribution in [0, 0.1) is 11.3 Å². The minimum absolute atomic E-state index is 0.0482. The second kappa shape index (κ2) is 8.46. The maximum absolute atomic E-state index is 15.6. The molecule has 5 atom stereocenters. The van der Waals surface area contributed by atoms with E-state index in [2.05, 4.69) is 23.2 Å². The van der Waals surface area contributed by atoms with Gasteiger partial charge in [-0.25, -0.2) is 27.6 Å². The van der Waals surface area contributed by atoms with Crippen molar-refractivity contribution in [3.05, 3.63) is 24.2 Å². The molecule has 182 valence electrons. The monoisotopic (exact) mass is 531 g/mol. The molecule has 0 aliphatic carbocycles. The Bertz CT molecular complexity index is 1260. The number of nitrogens with two attached hydrogens (primary N) is 1. The molecule has 33 heavy (non-hydrogen) atoms. The molecule has 2 unspecified atom stereocenters. The lowest BCUT2D eigenvalue weighted by atomic mass is 9.83. The van der Waals surface area contributed by atoms with Crippen molar-refractivity contribution in [2.24, 2.45) is 0 Å². The average molecular weight is 531 g/mol. The number of hydrogen-bond acceptors (Lipinski definition) is 11. The lowest BCUT2D eigenvalue weighted by Gasteiger charge is -2.29. The van der Waals surface area contributed by atoms with Gasteiger partial charge >= 0.3 is 23.5 Å². The molecule has 0 radical (unpaired) electrons. The van der Waals surface area contributed by atoms with E-state index < -0.39 is 53.9 Å². The van der Waals surface area contributed by atoms with Crippen LogP contribution in [0.1, 0.15) is 19.0 Å². The van der Waals surface area contributed by atoms with E-state index in [1.165, 1.54) is 12.1 Å². The van der Waals surface area contributed by atoms with Gasteiger partial charge in [0.25, 0.3) is 0 Å². The zero-order valence-electron chi connectivity index (χ0n) is 16.5. The largest absolute Gasteiger partial charge is 0.490 e. The highest BCUT2D eigenvalue weighted by atomic mass is 31.3. The van der Waals surface area contributed by atoms with Gasteiger partial charge in [-0.15, -0.1) is 0 Å². The summed E-state index contributed by atoms with van der Waals surface area (Å²) in [5.41, 5.74) is 1.29. The van der Waals surface area contributed by atoms with Crippen LogP contribution in [-0.4, -0.2) is 52.6 Å². The van der Waals surface area contributed by atoms with Gasteiger partial charge in [0, 0.05) is 6.42 Å². The summed E-state index contributed by atoms with van der Waals surface area (Å²) in [6.45, 7) is 0.123. The molecule has 16 nitrogen and oxygen atoms in total. The van der Waals surface area contributed by atoms with Gasteiger partial charge in [-0.1, -0.05) is 0 Å². The molecule has 1 aliphatic rings. The number of nitriles is 1. The summed E-state index contributed by atoms with van der Waals surface area (Å²) in [6, 6.07) is 4.52. The molecule has 1 aliphatic heterocycles. The molecule has 0 aromatic carbocycles. The third-order valence-corrected chi connectivity index (χ3v) is 8.33. The van der Waals surface area contributed by atoms with E-state index >= 15 is 4.39 Å². The normalized spacial score (nSPS) is 29.4. The van der Waals surface area contributed by atoms with Crippen molar-refractivity contribution in [1.29, 1.82) is 5.26 Å². The Hall–Kier alpha value is -1.79. The third-order valence-electron chi connectivity index (χ3n) is 4.53. The van der Waals surface area contributed by atoms with Gasteiger partial charge in [0.2, 0.25) is 5.60 Å². The van der Waals surface area contributed by atoms with Gasteiger partial charge in [-0.3, -0.25) is 4.52 Å². The number of halogens is 1. The van der Waals surface area contributed by atoms with Gasteiger partial charge in [-0.2, -0.15) is 19.0 Å². The van der Waals surface area contributed by atoms with Crippen LogP contribution in [0.3, 0.4) is 0 Å². The van der Waals surface area contributed by atoms with Crippen LogP contribution < -0.4 is 5.73 Å². The fourth-order valence-electron chi connectivity index (χ4n) is 3.31. The van der Waals surface area contributed by atoms with E-state index in [0.29, 0.717) is 0 Å². The third kappa shape index (κ3) is 5.32. The number of nitrogen functional groups attached to an aromatic ring is 1. The summed E-state index contributed by atoms with van der Waals surface area (Å²) in [6.07, 6.45) is -0.812. The highest BCUT2D eigenvalue weighted by Gasteiger charge is 2.62. The van der Waals surface area contributed by atoms with Crippen molar-refractivity contribution in [2.75, 3.05) is 12.3 Å². The lowest BCUT2D eigenvalue weighted by molar-refractivity contribution is -0.0711. The first kappa shape index (κ1) is 25.8. The van der Waals surface area contributed by atoms with Crippen LogP contribution in [0.5, 0.6) is 0 Å². The number of alkyl halides is 1. The van der Waals surface area contributed by atoms with Crippen molar-refractivity contribution in [2.45, 2.75) is 30.7 Å². The van der Waals surface area contributed by atoms with E-state index in [4.69, 9.17) is 20.3 Å². The summed E-state index contributed by atoms with van der Waals surface area (Å²) in [4.78, 5) is 39.6. The molecule has 1 fully saturated rings. The zero-order chi connectivity index (χ0) is 24.9. The predicted octanol–water partition coefficient (Wildman–Crippen LogP) is 0.891. The van der Waals surface area contributed by atoms with E-state index in [0.717, 1.165) is 17.8 Å². The molecule has 1 saturated heterocycles. The zero-order valence-corrected chi connectivity index (χ0v) is 19.1. The Kier molecular flexibility index (Phi) is 6.62. The molecule has 0 bridgehead atoms. The first-order valence-corrected chi connectivity index (χ1v) is 13.2. The van der Waals surface area contributed by atoms with E-state index in [9.17, 15) is 28.7 Å². The topological polar surface area (TPSA) is 249 Å². The molecular formula is C13H17FN5O11P3. The van der Waals surface area contributed by atoms with Crippen molar-refractivity contribution in [3.63, 3.8) is 0 Å². The van der Waals surface area contributed by atoms with Crippen LogP contribution in [0.4, 0.5) is 10.2 Å². The minimum atomic E-state index is -5.72. The molecule has 0 amide bonds. The van der Waals surface area contributed by atoms with Gasteiger partial charge in [-0.05, 0) is 19.1 Å². The smallest absolute Gasteiger partial charge is 0.382 e. The summed E-state index contributed by atoms with van der Waals surface area (Å²) < 4.78 is 68.0. The fourth-order valence-corrected chi connectivity index (χ4v) is 6.36.